The minimum atomic E-state index is -0.380. The SMILES string of the molecule is N#CCC(=O)c1cccc(C2OCCO2)c1. The number of nitriles is 1. The van der Waals surface area contributed by atoms with E-state index >= 15 is 0 Å². The highest BCUT2D eigenvalue weighted by molar-refractivity contribution is 5.97. The number of Topliss-reactive ketones (excluding diaryl/α,β-unsaturated/α-hetero) is 1. The number of ether oxygens (including phenoxy) is 2. The summed E-state index contributed by atoms with van der Waals surface area (Å²) in [5.74, 6) is -0.178. The van der Waals surface area contributed by atoms with Gasteiger partial charge in [0.2, 0.25) is 0 Å². The number of benzene rings is 1. The van der Waals surface area contributed by atoms with E-state index in [2.05, 4.69) is 0 Å². The summed E-state index contributed by atoms with van der Waals surface area (Å²) in [6, 6.07) is 8.87. The first-order valence-electron chi connectivity index (χ1n) is 5.04. The molecule has 82 valence electrons. The zero-order valence-electron chi connectivity index (χ0n) is 8.68. The van der Waals surface area contributed by atoms with Crippen LogP contribution in [0.2, 0.25) is 0 Å². The molecule has 1 saturated heterocycles. The van der Waals surface area contributed by atoms with Gasteiger partial charge in [0.25, 0.3) is 0 Å². The van der Waals surface area contributed by atoms with Gasteiger partial charge in [-0.3, -0.25) is 4.79 Å². The molecule has 4 heteroatoms. The molecular formula is C12H11NO3. The zero-order valence-corrected chi connectivity index (χ0v) is 8.68. The van der Waals surface area contributed by atoms with Gasteiger partial charge in [0.05, 0.1) is 25.7 Å². The van der Waals surface area contributed by atoms with Gasteiger partial charge in [-0.15, -0.1) is 0 Å². The Kier molecular flexibility index (Phi) is 3.30. The third kappa shape index (κ3) is 2.27. The normalized spacial score (nSPS) is 15.9. The van der Waals surface area contributed by atoms with E-state index in [-0.39, 0.29) is 18.5 Å². The van der Waals surface area contributed by atoms with Gasteiger partial charge in [-0.05, 0) is 6.07 Å². The Labute approximate surface area is 93.4 Å². The van der Waals surface area contributed by atoms with Gasteiger partial charge in [-0.25, -0.2) is 0 Å². The van der Waals surface area contributed by atoms with Crippen molar-refractivity contribution in [1.29, 1.82) is 5.26 Å². The highest BCUT2D eigenvalue weighted by atomic mass is 16.7. The van der Waals surface area contributed by atoms with E-state index in [1.807, 2.05) is 12.1 Å². The Bertz CT molecular complexity index is 430. The lowest BCUT2D eigenvalue weighted by Gasteiger charge is -2.09. The third-order valence-corrected chi connectivity index (χ3v) is 2.34. The predicted molar refractivity (Wildman–Crippen MR) is 55.6 cm³/mol. The lowest BCUT2D eigenvalue weighted by atomic mass is 10.1. The molecule has 1 aliphatic rings. The summed E-state index contributed by atoms with van der Waals surface area (Å²) in [6.07, 6.45) is -0.481. The molecule has 1 heterocycles. The molecule has 0 unspecified atom stereocenters. The number of hydrogen-bond acceptors (Lipinski definition) is 4. The Hall–Kier alpha value is -1.70. The third-order valence-electron chi connectivity index (χ3n) is 2.34. The highest BCUT2D eigenvalue weighted by Crippen LogP contribution is 2.24. The number of ketones is 1. The molecule has 0 radical (unpaired) electrons. The van der Waals surface area contributed by atoms with Gasteiger partial charge in [-0.2, -0.15) is 5.26 Å². The van der Waals surface area contributed by atoms with Crippen LogP contribution < -0.4 is 0 Å². The molecule has 0 amide bonds. The smallest absolute Gasteiger partial charge is 0.184 e. The number of carbonyl (C=O) groups is 1. The molecule has 1 aromatic carbocycles. The predicted octanol–water partition coefficient (Wildman–Crippen LogP) is 1.83. The molecule has 4 nitrogen and oxygen atoms in total. The molecule has 1 fully saturated rings. The van der Waals surface area contributed by atoms with E-state index in [0.29, 0.717) is 18.8 Å². The second kappa shape index (κ2) is 4.88. The lowest BCUT2D eigenvalue weighted by Crippen LogP contribution is -2.02. The first kappa shape index (κ1) is 10.8. The standard InChI is InChI=1S/C12H11NO3/c13-5-4-11(14)9-2-1-3-10(8-9)12-15-6-7-16-12/h1-3,8,12H,4,6-7H2. The fraction of sp³-hybridized carbons (Fsp3) is 0.333. The average Bonchev–Trinajstić information content (AvgIpc) is 2.83. The molecule has 16 heavy (non-hydrogen) atoms. The Morgan fingerprint density at radius 1 is 1.44 bits per heavy atom. The van der Waals surface area contributed by atoms with Gasteiger partial charge < -0.3 is 9.47 Å². The molecule has 0 spiro atoms. The summed E-state index contributed by atoms with van der Waals surface area (Å²) >= 11 is 0. The number of hydrogen-bond donors (Lipinski definition) is 0. The van der Waals surface area contributed by atoms with Crippen LogP contribution in [0, 0.1) is 11.3 Å². The molecule has 1 aliphatic heterocycles. The summed E-state index contributed by atoms with van der Waals surface area (Å²) < 4.78 is 10.7. The summed E-state index contributed by atoms with van der Waals surface area (Å²) in [4.78, 5) is 11.5. The van der Waals surface area contributed by atoms with Gasteiger partial charge in [0, 0.05) is 11.1 Å². The monoisotopic (exact) mass is 217 g/mol. The van der Waals surface area contributed by atoms with E-state index < -0.39 is 0 Å². The zero-order chi connectivity index (χ0) is 11.4. The van der Waals surface area contributed by atoms with Crippen LogP contribution in [0.5, 0.6) is 0 Å². The minimum Gasteiger partial charge on any atom is -0.346 e. The summed E-state index contributed by atoms with van der Waals surface area (Å²) in [7, 11) is 0. The fourth-order valence-electron chi connectivity index (χ4n) is 1.58. The summed E-state index contributed by atoms with van der Waals surface area (Å²) in [5.41, 5.74) is 1.35. The van der Waals surface area contributed by atoms with Crippen LogP contribution in [0.4, 0.5) is 0 Å². The molecular weight excluding hydrogens is 206 g/mol. The highest BCUT2D eigenvalue weighted by Gasteiger charge is 2.19. The minimum absolute atomic E-state index is 0.101. The van der Waals surface area contributed by atoms with Crippen LogP contribution >= 0.6 is 0 Å². The van der Waals surface area contributed by atoms with Crippen molar-refractivity contribution in [2.75, 3.05) is 13.2 Å². The van der Waals surface area contributed by atoms with Crippen LogP contribution in [0.15, 0.2) is 24.3 Å². The van der Waals surface area contributed by atoms with Crippen molar-refractivity contribution in [3.05, 3.63) is 35.4 Å². The van der Waals surface area contributed by atoms with Crippen LogP contribution in [-0.4, -0.2) is 19.0 Å². The molecule has 0 aliphatic carbocycles. The van der Waals surface area contributed by atoms with E-state index in [0.717, 1.165) is 5.56 Å². The van der Waals surface area contributed by atoms with Gasteiger partial charge in [0.1, 0.15) is 0 Å². The Morgan fingerprint density at radius 2 is 2.19 bits per heavy atom. The van der Waals surface area contributed by atoms with Gasteiger partial charge in [-0.1, -0.05) is 18.2 Å². The van der Waals surface area contributed by atoms with E-state index in [4.69, 9.17) is 14.7 Å². The van der Waals surface area contributed by atoms with Crippen molar-refractivity contribution < 1.29 is 14.3 Å². The topological polar surface area (TPSA) is 59.3 Å². The maximum absolute atomic E-state index is 11.5. The van der Waals surface area contributed by atoms with Crippen LogP contribution in [0.3, 0.4) is 0 Å². The van der Waals surface area contributed by atoms with Crippen LogP contribution in [0.25, 0.3) is 0 Å². The molecule has 0 bridgehead atoms. The fourth-order valence-corrected chi connectivity index (χ4v) is 1.58. The Morgan fingerprint density at radius 3 is 2.88 bits per heavy atom. The summed E-state index contributed by atoms with van der Waals surface area (Å²) in [5, 5.41) is 8.46. The van der Waals surface area contributed by atoms with E-state index in [1.54, 1.807) is 18.2 Å². The van der Waals surface area contributed by atoms with Gasteiger partial charge in [0.15, 0.2) is 12.1 Å². The first-order valence-corrected chi connectivity index (χ1v) is 5.04. The van der Waals surface area contributed by atoms with Crippen LogP contribution in [0.1, 0.15) is 28.6 Å². The number of rotatable bonds is 3. The molecule has 1 aromatic rings. The van der Waals surface area contributed by atoms with Crippen molar-refractivity contribution in [3.8, 4) is 6.07 Å². The van der Waals surface area contributed by atoms with E-state index in [9.17, 15) is 4.79 Å². The number of carbonyl (C=O) groups excluding carboxylic acids is 1. The first-order chi connectivity index (χ1) is 7.81. The van der Waals surface area contributed by atoms with Crippen molar-refractivity contribution in [2.24, 2.45) is 0 Å². The molecule has 0 aromatic heterocycles. The van der Waals surface area contributed by atoms with Crippen molar-refractivity contribution in [1.82, 2.24) is 0 Å². The quantitative estimate of drug-likeness (QED) is 0.725. The average molecular weight is 217 g/mol. The second-order valence-corrected chi connectivity index (χ2v) is 3.46. The summed E-state index contributed by atoms with van der Waals surface area (Å²) in [6.45, 7) is 1.14. The van der Waals surface area contributed by atoms with Crippen molar-refractivity contribution >= 4 is 5.78 Å². The maximum Gasteiger partial charge on any atom is 0.184 e. The van der Waals surface area contributed by atoms with Crippen LogP contribution in [-0.2, 0) is 9.47 Å². The van der Waals surface area contributed by atoms with Gasteiger partial charge >= 0.3 is 0 Å². The lowest BCUT2D eigenvalue weighted by molar-refractivity contribution is -0.0441. The molecule has 0 atom stereocenters. The van der Waals surface area contributed by atoms with E-state index in [1.165, 1.54) is 0 Å². The maximum atomic E-state index is 11.5. The van der Waals surface area contributed by atoms with Crippen molar-refractivity contribution in [2.45, 2.75) is 12.7 Å². The number of nitrogens with zero attached hydrogens (tertiary/aromatic N) is 1. The Balaban J connectivity index is 2.19. The van der Waals surface area contributed by atoms with Crippen molar-refractivity contribution in [3.63, 3.8) is 0 Å². The second-order valence-electron chi connectivity index (χ2n) is 3.46. The molecule has 2 rings (SSSR count). The molecule has 0 N–H and O–H groups in total. The molecule has 0 saturated carbocycles. The largest absolute Gasteiger partial charge is 0.346 e.